The van der Waals surface area contributed by atoms with E-state index in [1.807, 2.05) is 6.92 Å². The molecule has 1 rings (SSSR count). The van der Waals surface area contributed by atoms with Crippen molar-refractivity contribution in [3.63, 3.8) is 0 Å². The van der Waals surface area contributed by atoms with Crippen LogP contribution in [0.15, 0.2) is 4.52 Å². The van der Waals surface area contributed by atoms with Gasteiger partial charge < -0.3 is 9.63 Å². The zero-order valence-corrected chi connectivity index (χ0v) is 9.10. The van der Waals surface area contributed by atoms with Gasteiger partial charge in [0.05, 0.1) is 6.54 Å². The zero-order valence-electron chi connectivity index (χ0n) is 9.10. The predicted molar refractivity (Wildman–Crippen MR) is 52.2 cm³/mol. The molecule has 0 aliphatic rings. The van der Waals surface area contributed by atoms with Crippen LogP contribution in [0, 0.1) is 0 Å². The smallest absolute Gasteiger partial charge is 0.320 e. The SMILES string of the molecule is CCc1nc(CN(C)C(C)C(=O)O)no1. The molecule has 0 aliphatic heterocycles. The van der Waals surface area contributed by atoms with Crippen LogP contribution >= 0.6 is 0 Å². The molecule has 1 unspecified atom stereocenters. The second-order valence-corrected chi connectivity index (χ2v) is 3.39. The summed E-state index contributed by atoms with van der Waals surface area (Å²) in [6.07, 6.45) is 0.686. The molecule has 0 fully saturated rings. The summed E-state index contributed by atoms with van der Waals surface area (Å²) in [6.45, 7) is 3.90. The van der Waals surface area contributed by atoms with Crippen LogP contribution in [0.1, 0.15) is 25.6 Å². The summed E-state index contributed by atoms with van der Waals surface area (Å²) in [5.41, 5.74) is 0. The molecule has 0 amide bonds. The van der Waals surface area contributed by atoms with Gasteiger partial charge in [-0.05, 0) is 14.0 Å². The molecule has 0 saturated heterocycles. The lowest BCUT2D eigenvalue weighted by Crippen LogP contribution is -2.35. The first-order valence-electron chi connectivity index (χ1n) is 4.79. The molecular formula is C9H15N3O3. The highest BCUT2D eigenvalue weighted by Gasteiger charge is 2.18. The fourth-order valence-corrected chi connectivity index (χ4v) is 1.05. The first-order chi connectivity index (χ1) is 7.04. The maximum absolute atomic E-state index is 10.7. The number of carbonyl (C=O) groups is 1. The number of carboxylic acid groups (broad SMARTS) is 1. The van der Waals surface area contributed by atoms with Crippen LogP contribution in [0.5, 0.6) is 0 Å². The Morgan fingerprint density at radius 3 is 2.80 bits per heavy atom. The number of aryl methyl sites for hydroxylation is 1. The van der Waals surface area contributed by atoms with E-state index in [1.54, 1.807) is 18.9 Å². The highest BCUT2D eigenvalue weighted by atomic mass is 16.5. The van der Waals surface area contributed by atoms with Crippen molar-refractivity contribution < 1.29 is 14.4 Å². The Bertz CT molecular complexity index is 337. The lowest BCUT2D eigenvalue weighted by Gasteiger charge is -2.18. The molecule has 1 aromatic rings. The van der Waals surface area contributed by atoms with E-state index in [-0.39, 0.29) is 0 Å². The Morgan fingerprint density at radius 1 is 1.67 bits per heavy atom. The number of aliphatic carboxylic acids is 1. The Balaban J connectivity index is 2.57. The molecule has 1 N–H and O–H groups in total. The van der Waals surface area contributed by atoms with Crippen LogP contribution in [0.4, 0.5) is 0 Å². The van der Waals surface area contributed by atoms with Crippen molar-refractivity contribution >= 4 is 5.97 Å². The molecule has 1 heterocycles. The van der Waals surface area contributed by atoms with Gasteiger partial charge in [-0.25, -0.2) is 0 Å². The zero-order chi connectivity index (χ0) is 11.4. The van der Waals surface area contributed by atoms with Gasteiger partial charge in [0, 0.05) is 6.42 Å². The van der Waals surface area contributed by atoms with E-state index in [9.17, 15) is 4.79 Å². The summed E-state index contributed by atoms with van der Waals surface area (Å²) < 4.78 is 4.92. The van der Waals surface area contributed by atoms with E-state index in [4.69, 9.17) is 9.63 Å². The molecule has 15 heavy (non-hydrogen) atoms. The summed E-state index contributed by atoms with van der Waals surface area (Å²) in [4.78, 5) is 16.4. The number of hydrogen-bond acceptors (Lipinski definition) is 5. The molecule has 1 atom stereocenters. The highest BCUT2D eigenvalue weighted by molar-refractivity contribution is 5.72. The minimum atomic E-state index is -0.864. The molecule has 0 radical (unpaired) electrons. The average Bonchev–Trinajstić information content (AvgIpc) is 2.64. The van der Waals surface area contributed by atoms with E-state index < -0.39 is 12.0 Å². The third kappa shape index (κ3) is 3.02. The van der Waals surface area contributed by atoms with Crippen LogP contribution in [0.2, 0.25) is 0 Å². The van der Waals surface area contributed by atoms with Gasteiger partial charge in [0.15, 0.2) is 5.82 Å². The number of likely N-dealkylation sites (N-methyl/N-ethyl adjacent to an activating group) is 1. The highest BCUT2D eigenvalue weighted by Crippen LogP contribution is 2.04. The number of rotatable bonds is 5. The van der Waals surface area contributed by atoms with Gasteiger partial charge in [-0.3, -0.25) is 9.69 Å². The molecular weight excluding hydrogens is 198 g/mol. The summed E-state index contributed by atoms with van der Waals surface area (Å²) in [7, 11) is 1.71. The van der Waals surface area contributed by atoms with E-state index in [0.717, 1.165) is 0 Å². The van der Waals surface area contributed by atoms with Gasteiger partial charge in [-0.15, -0.1) is 0 Å². The average molecular weight is 213 g/mol. The van der Waals surface area contributed by atoms with Crippen molar-refractivity contribution in [2.45, 2.75) is 32.9 Å². The molecule has 6 nitrogen and oxygen atoms in total. The number of carboxylic acids is 1. The summed E-state index contributed by atoms with van der Waals surface area (Å²) in [5, 5.41) is 12.5. The quantitative estimate of drug-likeness (QED) is 0.768. The second kappa shape index (κ2) is 4.88. The largest absolute Gasteiger partial charge is 0.480 e. The van der Waals surface area contributed by atoms with Crippen LogP contribution in [-0.2, 0) is 17.8 Å². The minimum Gasteiger partial charge on any atom is -0.480 e. The first kappa shape index (κ1) is 11.6. The van der Waals surface area contributed by atoms with E-state index in [0.29, 0.717) is 24.7 Å². The lowest BCUT2D eigenvalue weighted by atomic mass is 10.3. The topological polar surface area (TPSA) is 79.5 Å². The van der Waals surface area contributed by atoms with Crippen molar-refractivity contribution in [3.8, 4) is 0 Å². The summed E-state index contributed by atoms with van der Waals surface area (Å²) >= 11 is 0. The Kier molecular flexibility index (Phi) is 3.79. The molecule has 0 bridgehead atoms. The van der Waals surface area contributed by atoms with Gasteiger partial charge in [0.1, 0.15) is 6.04 Å². The summed E-state index contributed by atoms with van der Waals surface area (Å²) in [6, 6.07) is -0.562. The van der Waals surface area contributed by atoms with Crippen molar-refractivity contribution in [1.82, 2.24) is 15.0 Å². The maximum atomic E-state index is 10.7. The van der Waals surface area contributed by atoms with Gasteiger partial charge in [0.2, 0.25) is 5.89 Å². The van der Waals surface area contributed by atoms with Crippen LogP contribution in [-0.4, -0.2) is 39.2 Å². The minimum absolute atomic E-state index is 0.372. The monoisotopic (exact) mass is 213 g/mol. The molecule has 84 valence electrons. The maximum Gasteiger partial charge on any atom is 0.320 e. The standard InChI is InChI=1S/C9H15N3O3/c1-4-8-10-7(11-15-8)5-12(3)6(2)9(13)14/h6H,4-5H2,1-3H3,(H,13,14). The third-order valence-electron chi connectivity index (χ3n) is 2.22. The second-order valence-electron chi connectivity index (χ2n) is 3.39. The molecule has 0 saturated carbocycles. The van der Waals surface area contributed by atoms with E-state index in [2.05, 4.69) is 10.1 Å². The van der Waals surface area contributed by atoms with Gasteiger partial charge in [0.25, 0.3) is 0 Å². The van der Waals surface area contributed by atoms with Gasteiger partial charge in [-0.2, -0.15) is 4.98 Å². The van der Waals surface area contributed by atoms with Crippen molar-refractivity contribution in [1.29, 1.82) is 0 Å². The number of hydrogen-bond donors (Lipinski definition) is 1. The molecule has 6 heteroatoms. The normalized spacial score (nSPS) is 13.1. The third-order valence-corrected chi connectivity index (χ3v) is 2.22. The number of nitrogens with zero attached hydrogens (tertiary/aromatic N) is 3. The van der Waals surface area contributed by atoms with Crippen molar-refractivity contribution in [2.24, 2.45) is 0 Å². The summed E-state index contributed by atoms with van der Waals surface area (Å²) in [5.74, 6) is 0.223. The lowest BCUT2D eigenvalue weighted by molar-refractivity contribution is -0.142. The molecule has 0 spiro atoms. The fraction of sp³-hybridized carbons (Fsp3) is 0.667. The van der Waals surface area contributed by atoms with Crippen molar-refractivity contribution in [3.05, 3.63) is 11.7 Å². The molecule has 0 aromatic carbocycles. The van der Waals surface area contributed by atoms with E-state index in [1.165, 1.54) is 0 Å². The molecule has 1 aromatic heterocycles. The van der Waals surface area contributed by atoms with Gasteiger partial charge in [-0.1, -0.05) is 12.1 Å². The van der Waals surface area contributed by atoms with E-state index >= 15 is 0 Å². The number of aromatic nitrogens is 2. The Hall–Kier alpha value is -1.43. The van der Waals surface area contributed by atoms with Gasteiger partial charge >= 0.3 is 5.97 Å². The van der Waals surface area contributed by atoms with Crippen LogP contribution in [0.25, 0.3) is 0 Å². The Labute approximate surface area is 87.9 Å². The predicted octanol–water partition coefficient (Wildman–Crippen LogP) is 0.537. The fourth-order valence-electron chi connectivity index (χ4n) is 1.05. The van der Waals surface area contributed by atoms with Crippen LogP contribution < -0.4 is 0 Å². The van der Waals surface area contributed by atoms with Crippen molar-refractivity contribution in [2.75, 3.05) is 7.05 Å². The Morgan fingerprint density at radius 2 is 2.33 bits per heavy atom. The van der Waals surface area contributed by atoms with Crippen LogP contribution in [0.3, 0.4) is 0 Å². The molecule has 0 aliphatic carbocycles. The first-order valence-corrected chi connectivity index (χ1v) is 4.79.